The van der Waals surface area contributed by atoms with Gasteiger partial charge in [0.05, 0.1) is 6.54 Å². The van der Waals surface area contributed by atoms with E-state index in [9.17, 15) is 14.4 Å². The zero-order valence-corrected chi connectivity index (χ0v) is 7.82. The number of hydrogen-bond acceptors (Lipinski definition) is 3. The van der Waals surface area contributed by atoms with Crippen molar-refractivity contribution in [2.24, 2.45) is 5.92 Å². The van der Waals surface area contributed by atoms with Crippen LogP contribution in [-0.2, 0) is 14.4 Å². The lowest BCUT2D eigenvalue weighted by Crippen LogP contribution is -2.52. The number of nitrogens with zero attached hydrogens (tertiary/aromatic N) is 1. The van der Waals surface area contributed by atoms with Crippen LogP contribution in [0.3, 0.4) is 0 Å². The smallest absolute Gasteiger partial charge is 0.315 e. The molecule has 1 saturated heterocycles. The quantitative estimate of drug-likeness (QED) is 0.540. The zero-order valence-electron chi connectivity index (χ0n) is 7.82. The van der Waals surface area contributed by atoms with E-state index < -0.39 is 17.8 Å². The van der Waals surface area contributed by atoms with Crippen LogP contribution in [0.1, 0.15) is 6.92 Å². The molecule has 0 aliphatic carbocycles. The molecule has 78 valence electrons. The topological polar surface area (TPSA) is 86.7 Å². The van der Waals surface area contributed by atoms with Gasteiger partial charge in [-0.2, -0.15) is 0 Å². The first-order valence-electron chi connectivity index (χ1n) is 4.30. The number of piperazine rings is 1. The van der Waals surface area contributed by atoms with Gasteiger partial charge in [0.1, 0.15) is 5.92 Å². The van der Waals surface area contributed by atoms with Crippen LogP contribution in [0.15, 0.2) is 0 Å². The molecule has 6 heteroatoms. The van der Waals surface area contributed by atoms with E-state index in [4.69, 9.17) is 5.11 Å². The standard InChI is InChI=1S/C8H12N2O4/c1-5(8(13)14)7(12)10-3-2-9-6(11)4-10/h5H,2-4H2,1H3,(H,9,11)(H,13,14). The number of carboxylic acids is 1. The second-order valence-corrected chi connectivity index (χ2v) is 3.17. The van der Waals surface area contributed by atoms with Crippen molar-refractivity contribution >= 4 is 17.8 Å². The molecule has 0 saturated carbocycles. The van der Waals surface area contributed by atoms with Gasteiger partial charge in [-0.25, -0.2) is 0 Å². The molecule has 6 nitrogen and oxygen atoms in total. The summed E-state index contributed by atoms with van der Waals surface area (Å²) < 4.78 is 0. The number of carbonyl (C=O) groups excluding carboxylic acids is 2. The maximum absolute atomic E-state index is 11.5. The molecule has 1 heterocycles. The molecular weight excluding hydrogens is 188 g/mol. The van der Waals surface area contributed by atoms with Gasteiger partial charge in [-0.05, 0) is 6.92 Å². The highest BCUT2D eigenvalue weighted by atomic mass is 16.4. The molecule has 1 aliphatic rings. The minimum Gasteiger partial charge on any atom is -0.481 e. The number of carbonyl (C=O) groups is 3. The maximum Gasteiger partial charge on any atom is 0.315 e. The van der Waals surface area contributed by atoms with Crippen LogP contribution in [0, 0.1) is 5.92 Å². The van der Waals surface area contributed by atoms with Gasteiger partial charge >= 0.3 is 5.97 Å². The molecule has 1 fully saturated rings. The van der Waals surface area contributed by atoms with Crippen molar-refractivity contribution < 1.29 is 19.5 Å². The summed E-state index contributed by atoms with van der Waals surface area (Å²) in [5.41, 5.74) is 0. The third kappa shape index (κ3) is 2.21. The Labute approximate surface area is 80.9 Å². The first kappa shape index (κ1) is 10.5. The van der Waals surface area contributed by atoms with Crippen LogP contribution in [0.2, 0.25) is 0 Å². The molecule has 0 aromatic rings. The number of carboxylic acid groups (broad SMARTS) is 1. The summed E-state index contributed by atoms with van der Waals surface area (Å²) in [7, 11) is 0. The zero-order chi connectivity index (χ0) is 10.7. The number of rotatable bonds is 2. The Hall–Kier alpha value is -1.59. The van der Waals surface area contributed by atoms with E-state index >= 15 is 0 Å². The summed E-state index contributed by atoms with van der Waals surface area (Å²) >= 11 is 0. The molecule has 0 aromatic carbocycles. The largest absolute Gasteiger partial charge is 0.481 e. The van der Waals surface area contributed by atoms with Crippen LogP contribution in [-0.4, -0.2) is 47.4 Å². The maximum atomic E-state index is 11.5. The lowest BCUT2D eigenvalue weighted by Gasteiger charge is -2.27. The molecule has 1 rings (SSSR count). The third-order valence-corrected chi connectivity index (χ3v) is 2.09. The van der Waals surface area contributed by atoms with Gasteiger partial charge in [0.2, 0.25) is 11.8 Å². The molecule has 0 spiro atoms. The first-order valence-corrected chi connectivity index (χ1v) is 4.30. The fraction of sp³-hybridized carbons (Fsp3) is 0.625. The van der Waals surface area contributed by atoms with Crippen molar-refractivity contribution in [3.63, 3.8) is 0 Å². The molecule has 0 radical (unpaired) electrons. The van der Waals surface area contributed by atoms with Crippen LogP contribution < -0.4 is 5.32 Å². The summed E-state index contributed by atoms with van der Waals surface area (Å²) in [5.74, 6) is -3.00. The first-order chi connectivity index (χ1) is 6.52. The Kier molecular flexibility index (Phi) is 3.06. The minimum atomic E-state index is -1.17. The Morgan fingerprint density at radius 3 is 2.71 bits per heavy atom. The van der Waals surface area contributed by atoms with Gasteiger partial charge in [0.15, 0.2) is 0 Å². The number of amides is 2. The summed E-state index contributed by atoms with van der Waals surface area (Å²) in [6.45, 7) is 2.03. The SMILES string of the molecule is CC(C(=O)O)C(=O)N1CCNC(=O)C1. The lowest BCUT2D eigenvalue weighted by molar-refractivity contribution is -0.152. The summed E-state index contributed by atoms with van der Waals surface area (Å²) in [4.78, 5) is 34.1. The number of aliphatic carboxylic acids is 1. The molecule has 1 aliphatic heterocycles. The van der Waals surface area contributed by atoms with E-state index in [1.165, 1.54) is 11.8 Å². The fourth-order valence-electron chi connectivity index (χ4n) is 1.21. The van der Waals surface area contributed by atoms with Gasteiger partial charge in [-0.15, -0.1) is 0 Å². The van der Waals surface area contributed by atoms with E-state index in [2.05, 4.69) is 5.32 Å². The Morgan fingerprint density at radius 2 is 2.21 bits per heavy atom. The van der Waals surface area contributed by atoms with Crippen LogP contribution >= 0.6 is 0 Å². The Bertz CT molecular complexity index is 277. The molecule has 0 bridgehead atoms. The molecule has 2 amide bonds. The Balaban J connectivity index is 2.59. The van der Waals surface area contributed by atoms with Gasteiger partial charge in [-0.3, -0.25) is 14.4 Å². The normalized spacial score (nSPS) is 18.6. The van der Waals surface area contributed by atoms with E-state index in [0.717, 1.165) is 0 Å². The van der Waals surface area contributed by atoms with Gasteiger partial charge in [-0.1, -0.05) is 0 Å². The average molecular weight is 200 g/mol. The van der Waals surface area contributed by atoms with Crippen molar-refractivity contribution in [1.82, 2.24) is 10.2 Å². The fourth-order valence-corrected chi connectivity index (χ4v) is 1.21. The van der Waals surface area contributed by atoms with Crippen LogP contribution in [0.5, 0.6) is 0 Å². The second kappa shape index (κ2) is 4.08. The van der Waals surface area contributed by atoms with E-state index in [-0.39, 0.29) is 12.5 Å². The third-order valence-electron chi connectivity index (χ3n) is 2.09. The van der Waals surface area contributed by atoms with E-state index in [1.54, 1.807) is 0 Å². The average Bonchev–Trinajstić information content (AvgIpc) is 2.15. The molecule has 1 atom stereocenters. The minimum absolute atomic E-state index is 0.0452. The summed E-state index contributed by atoms with van der Waals surface area (Å²) in [6.07, 6.45) is 0. The predicted molar refractivity (Wildman–Crippen MR) is 46.4 cm³/mol. The van der Waals surface area contributed by atoms with Crippen molar-refractivity contribution in [3.05, 3.63) is 0 Å². The highest BCUT2D eigenvalue weighted by Crippen LogP contribution is 2.04. The van der Waals surface area contributed by atoms with Gasteiger partial charge in [0, 0.05) is 13.1 Å². The van der Waals surface area contributed by atoms with Crippen molar-refractivity contribution in [2.45, 2.75) is 6.92 Å². The monoisotopic (exact) mass is 200 g/mol. The van der Waals surface area contributed by atoms with Gasteiger partial charge in [0.25, 0.3) is 0 Å². The number of hydrogen-bond donors (Lipinski definition) is 2. The molecular formula is C8H12N2O4. The molecule has 1 unspecified atom stereocenters. The number of nitrogens with one attached hydrogen (secondary N) is 1. The van der Waals surface area contributed by atoms with E-state index in [0.29, 0.717) is 13.1 Å². The highest BCUT2D eigenvalue weighted by molar-refractivity contribution is 5.98. The second-order valence-electron chi connectivity index (χ2n) is 3.17. The predicted octanol–water partition coefficient (Wildman–Crippen LogP) is -1.33. The lowest BCUT2D eigenvalue weighted by atomic mass is 10.1. The molecule has 2 N–H and O–H groups in total. The van der Waals surface area contributed by atoms with Crippen molar-refractivity contribution in [3.8, 4) is 0 Å². The Morgan fingerprint density at radius 1 is 1.57 bits per heavy atom. The molecule has 14 heavy (non-hydrogen) atoms. The van der Waals surface area contributed by atoms with Crippen molar-refractivity contribution in [1.29, 1.82) is 0 Å². The summed E-state index contributed by atoms with van der Waals surface area (Å²) in [5, 5.41) is 11.2. The highest BCUT2D eigenvalue weighted by Gasteiger charge is 2.28. The van der Waals surface area contributed by atoms with Crippen molar-refractivity contribution in [2.75, 3.05) is 19.6 Å². The molecule has 0 aromatic heterocycles. The van der Waals surface area contributed by atoms with Gasteiger partial charge < -0.3 is 15.3 Å². The van der Waals surface area contributed by atoms with Crippen LogP contribution in [0.25, 0.3) is 0 Å². The van der Waals surface area contributed by atoms with E-state index in [1.807, 2.05) is 0 Å². The summed E-state index contributed by atoms with van der Waals surface area (Å²) in [6, 6.07) is 0. The van der Waals surface area contributed by atoms with Crippen LogP contribution in [0.4, 0.5) is 0 Å².